The zero-order valence-electron chi connectivity index (χ0n) is 14.3. The second-order valence-electron chi connectivity index (χ2n) is 5.57. The quantitative estimate of drug-likeness (QED) is 0.884. The van der Waals surface area contributed by atoms with Gasteiger partial charge in [0.05, 0.1) is 6.04 Å². The predicted octanol–water partition coefficient (Wildman–Crippen LogP) is 1.92. The molecule has 1 fully saturated rings. The Bertz CT molecular complexity index is 727. The van der Waals surface area contributed by atoms with E-state index in [1.54, 1.807) is 6.07 Å². The molecule has 2 aromatic rings. The number of nitrogens with one attached hydrogen (secondary N) is 2. The zero-order chi connectivity index (χ0) is 16.6. The first kappa shape index (κ1) is 11.6. The predicted molar refractivity (Wildman–Crippen MR) is 82.5 cm³/mol. The van der Waals surface area contributed by atoms with Crippen LogP contribution in [0.5, 0.6) is 0 Å². The number of hydrogen-bond donors (Lipinski definition) is 2. The SMILES string of the molecule is [2H]C([2H])(c1ccc2[nH]cc(CCN(C)C)c2c1)[C@H]1COC(=O)N1. The molecule has 5 heteroatoms. The molecule has 5 nitrogen and oxygen atoms in total. The van der Waals surface area contributed by atoms with Crippen molar-refractivity contribution in [3.8, 4) is 0 Å². The van der Waals surface area contributed by atoms with Crippen LogP contribution in [0.15, 0.2) is 24.4 Å². The molecule has 0 bridgehead atoms. The van der Waals surface area contributed by atoms with Gasteiger partial charge in [-0.3, -0.25) is 0 Å². The van der Waals surface area contributed by atoms with Crippen LogP contribution in [0.4, 0.5) is 4.79 Å². The van der Waals surface area contributed by atoms with Gasteiger partial charge in [-0.25, -0.2) is 4.79 Å². The van der Waals surface area contributed by atoms with Crippen LogP contribution in [-0.4, -0.2) is 49.3 Å². The highest BCUT2D eigenvalue weighted by Gasteiger charge is 2.22. The minimum atomic E-state index is -1.68. The summed E-state index contributed by atoms with van der Waals surface area (Å²) in [5, 5.41) is 3.56. The summed E-state index contributed by atoms with van der Waals surface area (Å²) in [4.78, 5) is 16.5. The minimum absolute atomic E-state index is 0.0461. The molecular formula is C16H21N3O2. The molecule has 2 N–H and O–H groups in total. The number of nitrogens with zero attached hydrogens (tertiary/aromatic N) is 1. The van der Waals surface area contributed by atoms with Gasteiger partial charge in [0.25, 0.3) is 0 Å². The first-order chi connectivity index (χ1) is 10.9. The topological polar surface area (TPSA) is 57.4 Å². The van der Waals surface area contributed by atoms with E-state index in [0.29, 0.717) is 5.56 Å². The summed E-state index contributed by atoms with van der Waals surface area (Å²) in [7, 11) is 4.06. The smallest absolute Gasteiger partial charge is 0.407 e. The molecule has 0 radical (unpaired) electrons. The fraction of sp³-hybridized carbons (Fsp3) is 0.438. The van der Waals surface area contributed by atoms with Crippen LogP contribution < -0.4 is 5.32 Å². The van der Waals surface area contributed by atoms with Gasteiger partial charge in [-0.15, -0.1) is 0 Å². The van der Waals surface area contributed by atoms with Crippen LogP contribution in [0, 0.1) is 0 Å². The Labute approximate surface area is 127 Å². The number of ether oxygens (including phenoxy) is 1. The lowest BCUT2D eigenvalue weighted by molar-refractivity contribution is 0.177. The average molecular weight is 289 g/mol. The number of carbonyl (C=O) groups excluding carboxylic acids is 1. The van der Waals surface area contributed by atoms with Crippen molar-refractivity contribution >= 4 is 17.0 Å². The van der Waals surface area contributed by atoms with E-state index in [9.17, 15) is 4.79 Å². The van der Waals surface area contributed by atoms with Crippen molar-refractivity contribution in [3.63, 3.8) is 0 Å². The van der Waals surface area contributed by atoms with E-state index in [1.807, 2.05) is 32.4 Å². The number of benzene rings is 1. The lowest BCUT2D eigenvalue weighted by Gasteiger charge is -2.09. The number of H-pyrrole nitrogens is 1. The molecule has 0 unspecified atom stereocenters. The molecule has 112 valence electrons. The highest BCUT2D eigenvalue weighted by molar-refractivity contribution is 5.84. The molecule has 1 amide bonds. The number of alkyl carbamates (subject to hydrolysis) is 1. The molecule has 1 aliphatic rings. The van der Waals surface area contributed by atoms with Gasteiger partial charge in [0.1, 0.15) is 6.61 Å². The molecule has 0 saturated carbocycles. The highest BCUT2D eigenvalue weighted by atomic mass is 16.6. The average Bonchev–Trinajstić information content (AvgIpc) is 3.11. The number of fused-ring (bicyclic) bond motifs is 1. The Morgan fingerprint density at radius 3 is 3.05 bits per heavy atom. The Hall–Kier alpha value is -2.01. The third-order valence-electron chi connectivity index (χ3n) is 3.61. The van der Waals surface area contributed by atoms with Gasteiger partial charge < -0.3 is 19.9 Å². The summed E-state index contributed by atoms with van der Waals surface area (Å²) in [6.07, 6.45) is 0.626. The number of hydrogen-bond acceptors (Lipinski definition) is 3. The first-order valence-electron chi connectivity index (χ1n) is 8.06. The molecule has 1 saturated heterocycles. The van der Waals surface area contributed by atoms with Crippen LogP contribution in [0.2, 0.25) is 0 Å². The van der Waals surface area contributed by atoms with Crippen molar-refractivity contribution in [1.29, 1.82) is 0 Å². The molecular weight excluding hydrogens is 266 g/mol. The molecule has 0 aliphatic carbocycles. The number of amides is 1. The van der Waals surface area contributed by atoms with Crippen LogP contribution in [0.25, 0.3) is 10.9 Å². The van der Waals surface area contributed by atoms with Crippen molar-refractivity contribution in [2.24, 2.45) is 0 Å². The van der Waals surface area contributed by atoms with Crippen LogP contribution in [0.1, 0.15) is 13.9 Å². The van der Waals surface area contributed by atoms with Gasteiger partial charge in [-0.05, 0) is 50.1 Å². The van der Waals surface area contributed by atoms with E-state index in [1.165, 1.54) is 0 Å². The number of likely N-dealkylation sites (N-methyl/N-ethyl adjacent to an activating group) is 1. The fourth-order valence-electron chi connectivity index (χ4n) is 2.48. The van der Waals surface area contributed by atoms with E-state index in [4.69, 9.17) is 7.48 Å². The molecule has 2 heterocycles. The van der Waals surface area contributed by atoms with E-state index in [0.717, 1.165) is 29.4 Å². The van der Waals surface area contributed by atoms with Crippen LogP contribution >= 0.6 is 0 Å². The van der Waals surface area contributed by atoms with Gasteiger partial charge in [-0.1, -0.05) is 6.07 Å². The minimum Gasteiger partial charge on any atom is -0.447 e. The van der Waals surface area contributed by atoms with Gasteiger partial charge in [0, 0.05) is 26.4 Å². The van der Waals surface area contributed by atoms with E-state index in [2.05, 4.69) is 15.2 Å². The molecule has 1 aliphatic heterocycles. The number of aromatic nitrogens is 1. The summed E-state index contributed by atoms with van der Waals surface area (Å²) in [5.74, 6) is 0. The zero-order valence-corrected chi connectivity index (χ0v) is 12.3. The standard InChI is InChI=1S/C16H21N3O2/c1-19(2)6-5-12-9-17-15-4-3-11(8-14(12)15)7-13-10-21-16(20)18-13/h3-4,8-9,13,17H,5-7,10H2,1-2H3,(H,18,20)/t13-/m0/s1/i7D2. The number of cyclic esters (lactones) is 1. The highest BCUT2D eigenvalue weighted by Crippen LogP contribution is 2.21. The van der Waals surface area contributed by atoms with Gasteiger partial charge >= 0.3 is 6.09 Å². The fourth-order valence-corrected chi connectivity index (χ4v) is 2.48. The maximum absolute atomic E-state index is 11.2. The summed E-state index contributed by atoms with van der Waals surface area (Å²) in [6, 6.07) is 4.86. The third-order valence-corrected chi connectivity index (χ3v) is 3.61. The maximum Gasteiger partial charge on any atom is 0.407 e. The molecule has 1 atom stereocenters. The largest absolute Gasteiger partial charge is 0.447 e. The number of aromatic amines is 1. The first-order valence-corrected chi connectivity index (χ1v) is 7.06. The van der Waals surface area contributed by atoms with E-state index in [-0.39, 0.29) is 6.61 Å². The van der Waals surface area contributed by atoms with Crippen molar-refractivity contribution in [2.45, 2.75) is 18.8 Å². The van der Waals surface area contributed by atoms with Gasteiger partial charge in [-0.2, -0.15) is 0 Å². The van der Waals surface area contributed by atoms with Crippen molar-refractivity contribution in [3.05, 3.63) is 35.5 Å². The molecule has 3 rings (SSSR count). The Kier molecular flexibility index (Phi) is 3.20. The van der Waals surface area contributed by atoms with Gasteiger partial charge in [0.2, 0.25) is 0 Å². The monoisotopic (exact) mass is 289 g/mol. The summed E-state index contributed by atoms with van der Waals surface area (Å²) >= 11 is 0. The Morgan fingerprint density at radius 1 is 1.48 bits per heavy atom. The molecule has 0 spiro atoms. The summed E-state index contributed by atoms with van der Waals surface area (Å²) in [5.41, 5.74) is 2.70. The van der Waals surface area contributed by atoms with Crippen molar-refractivity contribution in [1.82, 2.24) is 15.2 Å². The van der Waals surface area contributed by atoms with Crippen LogP contribution in [-0.2, 0) is 17.5 Å². The lowest BCUT2D eigenvalue weighted by Crippen LogP contribution is -2.28. The molecule has 21 heavy (non-hydrogen) atoms. The van der Waals surface area contributed by atoms with Crippen LogP contribution in [0.3, 0.4) is 0 Å². The molecule has 1 aromatic carbocycles. The second kappa shape index (κ2) is 5.77. The van der Waals surface area contributed by atoms with Gasteiger partial charge in [0.15, 0.2) is 0 Å². The summed E-state index contributed by atoms with van der Waals surface area (Å²) < 4.78 is 21.6. The van der Waals surface area contributed by atoms with E-state index < -0.39 is 18.5 Å². The number of carbonyl (C=O) groups is 1. The van der Waals surface area contributed by atoms with E-state index >= 15 is 0 Å². The lowest BCUT2D eigenvalue weighted by atomic mass is 10.0. The Morgan fingerprint density at radius 2 is 2.33 bits per heavy atom. The van der Waals surface area contributed by atoms with Crippen molar-refractivity contribution in [2.75, 3.05) is 27.2 Å². The second-order valence-corrected chi connectivity index (χ2v) is 5.57. The summed E-state index contributed by atoms with van der Waals surface area (Å²) in [6.45, 7) is 0.973. The number of rotatable bonds is 5. The Balaban J connectivity index is 1.92. The molecule has 1 aromatic heterocycles. The van der Waals surface area contributed by atoms with Crippen molar-refractivity contribution < 1.29 is 12.3 Å². The third kappa shape index (κ3) is 3.19. The normalized spacial score (nSPS) is 20.3. The maximum atomic E-state index is 11.2.